The van der Waals surface area contributed by atoms with Crippen LogP contribution in [-0.4, -0.2) is 41.4 Å². The number of nitrogens with zero attached hydrogens (tertiary/aromatic N) is 2. The molecule has 2 atom stereocenters. The number of methoxy groups -OCH3 is 1. The molecule has 1 amide bonds. The maximum Gasteiger partial charge on any atom is 0.254 e. The molecule has 6 nitrogen and oxygen atoms in total. The highest BCUT2D eigenvalue weighted by molar-refractivity contribution is 5.93. The lowest BCUT2D eigenvalue weighted by molar-refractivity contribution is 0.0919. The fraction of sp³-hybridized carbons (Fsp3) is 0.444. The molecule has 2 heterocycles. The van der Waals surface area contributed by atoms with E-state index >= 15 is 0 Å². The normalized spacial score (nSPS) is 20.6. The minimum absolute atomic E-state index is 0.0588. The first-order chi connectivity index (χ1) is 11.7. The van der Waals surface area contributed by atoms with Crippen molar-refractivity contribution in [1.29, 1.82) is 0 Å². The quantitative estimate of drug-likeness (QED) is 0.878. The summed E-state index contributed by atoms with van der Waals surface area (Å²) in [7, 11) is 1.65. The number of carbonyl (C=O) groups is 1. The molecule has 1 aromatic carbocycles. The Morgan fingerprint density at radius 2 is 2.21 bits per heavy atom. The Labute approximate surface area is 142 Å². The molecule has 0 aliphatic carbocycles. The first kappa shape index (κ1) is 16.5. The van der Waals surface area contributed by atoms with Gasteiger partial charge in [0.15, 0.2) is 0 Å². The number of carbonyl (C=O) groups excluding carboxylic acids is 1. The van der Waals surface area contributed by atoms with Crippen molar-refractivity contribution in [1.82, 2.24) is 20.4 Å². The van der Waals surface area contributed by atoms with E-state index < -0.39 is 0 Å². The number of piperidine rings is 1. The summed E-state index contributed by atoms with van der Waals surface area (Å²) in [5.74, 6) is 0.769. The Kier molecular flexibility index (Phi) is 5.15. The number of benzene rings is 1. The van der Waals surface area contributed by atoms with Crippen molar-refractivity contribution in [3.63, 3.8) is 0 Å². The molecule has 0 spiro atoms. The zero-order valence-corrected chi connectivity index (χ0v) is 14.2. The smallest absolute Gasteiger partial charge is 0.254 e. The summed E-state index contributed by atoms with van der Waals surface area (Å²) in [4.78, 5) is 12.4. The summed E-state index contributed by atoms with van der Waals surface area (Å²) in [6.07, 6.45) is 5.52. The van der Waals surface area contributed by atoms with Crippen LogP contribution in [0.25, 0.3) is 0 Å². The number of amides is 1. The molecule has 2 N–H and O–H groups in total. The van der Waals surface area contributed by atoms with E-state index in [9.17, 15) is 4.79 Å². The molecule has 2 aromatic rings. The standard InChI is InChI=1S/C18H24N4O2/c1-13-17(4-3-9-19-13)21-18(23)15-10-20-22(12-15)11-14-5-7-16(24-2)8-6-14/h5-8,10,12-13,17,19H,3-4,9,11H2,1-2H3,(H,21,23). The third-order valence-corrected chi connectivity index (χ3v) is 4.48. The summed E-state index contributed by atoms with van der Waals surface area (Å²) in [5.41, 5.74) is 1.71. The van der Waals surface area contributed by atoms with Gasteiger partial charge in [-0.05, 0) is 44.0 Å². The van der Waals surface area contributed by atoms with E-state index in [2.05, 4.69) is 22.7 Å². The van der Waals surface area contributed by atoms with Crippen LogP contribution in [0.15, 0.2) is 36.7 Å². The number of aromatic nitrogens is 2. The van der Waals surface area contributed by atoms with Gasteiger partial charge in [0.1, 0.15) is 5.75 Å². The fourth-order valence-electron chi connectivity index (χ4n) is 2.98. The predicted molar refractivity (Wildman–Crippen MR) is 92.3 cm³/mol. The lowest BCUT2D eigenvalue weighted by atomic mass is 10.00. The molecule has 6 heteroatoms. The van der Waals surface area contributed by atoms with E-state index in [1.54, 1.807) is 24.2 Å². The summed E-state index contributed by atoms with van der Waals surface area (Å²) in [5, 5.41) is 10.8. The fourth-order valence-corrected chi connectivity index (χ4v) is 2.98. The SMILES string of the molecule is COc1ccc(Cn2cc(C(=O)NC3CCCNC3C)cn2)cc1. The Balaban J connectivity index is 1.60. The summed E-state index contributed by atoms with van der Waals surface area (Å²) < 4.78 is 6.93. The van der Waals surface area contributed by atoms with E-state index in [1.807, 2.05) is 24.3 Å². The highest BCUT2D eigenvalue weighted by atomic mass is 16.5. The second kappa shape index (κ2) is 7.49. The summed E-state index contributed by atoms with van der Waals surface area (Å²) >= 11 is 0. The monoisotopic (exact) mass is 328 g/mol. The van der Waals surface area contributed by atoms with Crippen LogP contribution in [-0.2, 0) is 6.54 Å². The van der Waals surface area contributed by atoms with Crippen LogP contribution in [0.4, 0.5) is 0 Å². The average molecular weight is 328 g/mol. The number of rotatable bonds is 5. The van der Waals surface area contributed by atoms with Crippen LogP contribution in [0.2, 0.25) is 0 Å². The van der Waals surface area contributed by atoms with Gasteiger partial charge >= 0.3 is 0 Å². The zero-order valence-electron chi connectivity index (χ0n) is 14.2. The van der Waals surface area contributed by atoms with Gasteiger partial charge in [-0.3, -0.25) is 9.48 Å². The van der Waals surface area contributed by atoms with Crippen molar-refractivity contribution in [2.24, 2.45) is 0 Å². The van der Waals surface area contributed by atoms with Crippen molar-refractivity contribution >= 4 is 5.91 Å². The molecule has 0 radical (unpaired) electrons. The van der Waals surface area contributed by atoms with Crippen LogP contribution in [0.3, 0.4) is 0 Å². The Morgan fingerprint density at radius 1 is 1.42 bits per heavy atom. The van der Waals surface area contributed by atoms with Gasteiger partial charge in [0.05, 0.1) is 25.4 Å². The molecular formula is C18H24N4O2. The highest BCUT2D eigenvalue weighted by Gasteiger charge is 2.23. The average Bonchev–Trinajstić information content (AvgIpc) is 3.06. The topological polar surface area (TPSA) is 68.2 Å². The van der Waals surface area contributed by atoms with Gasteiger partial charge in [-0.1, -0.05) is 12.1 Å². The molecular weight excluding hydrogens is 304 g/mol. The van der Waals surface area contributed by atoms with Gasteiger partial charge in [-0.25, -0.2) is 0 Å². The van der Waals surface area contributed by atoms with Gasteiger partial charge < -0.3 is 15.4 Å². The molecule has 128 valence electrons. The number of nitrogens with one attached hydrogen (secondary N) is 2. The maximum atomic E-state index is 12.4. The number of ether oxygens (including phenoxy) is 1. The summed E-state index contributed by atoms with van der Waals surface area (Å²) in [6, 6.07) is 8.31. The number of hydrogen-bond donors (Lipinski definition) is 2. The first-order valence-corrected chi connectivity index (χ1v) is 8.35. The van der Waals surface area contributed by atoms with Gasteiger partial charge in [0.2, 0.25) is 0 Å². The molecule has 2 unspecified atom stereocenters. The highest BCUT2D eigenvalue weighted by Crippen LogP contribution is 2.13. The third kappa shape index (κ3) is 3.94. The molecule has 1 aliphatic heterocycles. The molecule has 1 fully saturated rings. The van der Waals surface area contributed by atoms with Crippen LogP contribution in [0.5, 0.6) is 5.75 Å². The largest absolute Gasteiger partial charge is 0.497 e. The molecule has 0 saturated carbocycles. The van der Waals surface area contributed by atoms with E-state index in [0.29, 0.717) is 18.2 Å². The van der Waals surface area contributed by atoms with Crippen molar-refractivity contribution in [3.05, 3.63) is 47.8 Å². The van der Waals surface area contributed by atoms with E-state index in [-0.39, 0.29) is 11.9 Å². The molecule has 1 saturated heterocycles. The van der Waals surface area contributed by atoms with Crippen LogP contribution < -0.4 is 15.4 Å². The van der Waals surface area contributed by atoms with Crippen molar-refractivity contribution in [3.8, 4) is 5.75 Å². The summed E-state index contributed by atoms with van der Waals surface area (Å²) in [6.45, 7) is 3.75. The van der Waals surface area contributed by atoms with Gasteiger partial charge in [-0.15, -0.1) is 0 Å². The van der Waals surface area contributed by atoms with E-state index in [1.165, 1.54) is 0 Å². The lowest BCUT2D eigenvalue weighted by Gasteiger charge is -2.30. The molecule has 3 rings (SSSR count). The Morgan fingerprint density at radius 3 is 2.92 bits per heavy atom. The van der Waals surface area contributed by atoms with E-state index in [4.69, 9.17) is 4.74 Å². The lowest BCUT2D eigenvalue weighted by Crippen LogP contribution is -2.51. The first-order valence-electron chi connectivity index (χ1n) is 8.35. The molecule has 0 bridgehead atoms. The van der Waals surface area contributed by atoms with Crippen LogP contribution in [0.1, 0.15) is 35.7 Å². The van der Waals surface area contributed by atoms with Crippen LogP contribution >= 0.6 is 0 Å². The second-order valence-electron chi connectivity index (χ2n) is 6.24. The van der Waals surface area contributed by atoms with Gasteiger partial charge in [0.25, 0.3) is 5.91 Å². The van der Waals surface area contributed by atoms with Crippen molar-refractivity contribution in [2.75, 3.05) is 13.7 Å². The second-order valence-corrected chi connectivity index (χ2v) is 6.24. The minimum atomic E-state index is -0.0588. The van der Waals surface area contributed by atoms with Crippen molar-refractivity contribution < 1.29 is 9.53 Å². The molecule has 24 heavy (non-hydrogen) atoms. The Hall–Kier alpha value is -2.34. The number of hydrogen-bond acceptors (Lipinski definition) is 4. The molecule has 1 aromatic heterocycles. The van der Waals surface area contributed by atoms with Gasteiger partial charge in [-0.2, -0.15) is 5.10 Å². The molecule has 1 aliphatic rings. The zero-order chi connectivity index (χ0) is 16.9. The van der Waals surface area contributed by atoms with Crippen molar-refractivity contribution in [2.45, 2.75) is 38.4 Å². The van der Waals surface area contributed by atoms with Crippen LogP contribution in [0, 0.1) is 0 Å². The Bertz CT molecular complexity index is 681. The van der Waals surface area contributed by atoms with E-state index in [0.717, 1.165) is 30.7 Å². The predicted octanol–water partition coefficient (Wildman–Crippen LogP) is 1.81. The maximum absolute atomic E-state index is 12.4. The third-order valence-electron chi connectivity index (χ3n) is 4.48. The van der Waals surface area contributed by atoms with Gasteiger partial charge in [0, 0.05) is 18.3 Å². The minimum Gasteiger partial charge on any atom is -0.497 e.